The molecule has 0 amide bonds. The second-order valence-corrected chi connectivity index (χ2v) is 4.05. The van der Waals surface area contributed by atoms with Crippen LogP contribution in [0.25, 0.3) is 0 Å². The average Bonchev–Trinajstić information content (AvgIpc) is 2.26. The fraction of sp³-hybridized carbons (Fsp3) is 0.333. The van der Waals surface area contributed by atoms with Crippen LogP contribution in [-0.2, 0) is 0 Å². The Bertz CT molecular complexity index is 488. The van der Waals surface area contributed by atoms with Gasteiger partial charge in [0.25, 0.3) is 0 Å². The van der Waals surface area contributed by atoms with Crippen molar-refractivity contribution in [1.29, 1.82) is 0 Å². The zero-order chi connectivity index (χ0) is 13.9. The van der Waals surface area contributed by atoms with E-state index in [9.17, 15) is 14.5 Å². The predicted molar refractivity (Wildman–Crippen MR) is 67.7 cm³/mol. The van der Waals surface area contributed by atoms with Crippen molar-refractivity contribution in [3.63, 3.8) is 0 Å². The predicted octanol–water partition coefficient (Wildman–Crippen LogP) is 2.75. The number of hydrogen-bond acceptors (Lipinski definition) is 4. The molecule has 0 fully saturated rings. The summed E-state index contributed by atoms with van der Waals surface area (Å²) in [5.74, 6) is -0.676. The molecule has 6 heteroatoms. The van der Waals surface area contributed by atoms with E-state index in [1.807, 2.05) is 0 Å². The van der Waals surface area contributed by atoms with Crippen LogP contribution < -0.4 is 9.64 Å². The standard InChI is InChI=1S/C12H15FN2O3/c1-8(2)7-14(3)11-6-9(18-4)5-10(13)12(11)15(16)17/h5-6H,1,7H2,2-4H3. The number of nitro benzene ring substituents is 1. The van der Waals surface area contributed by atoms with Crippen LogP contribution in [0.4, 0.5) is 15.8 Å². The molecule has 1 aromatic carbocycles. The van der Waals surface area contributed by atoms with Gasteiger partial charge < -0.3 is 9.64 Å². The molecule has 0 radical (unpaired) electrons. The Morgan fingerprint density at radius 1 is 1.61 bits per heavy atom. The number of rotatable bonds is 5. The number of nitro groups is 1. The van der Waals surface area contributed by atoms with Crippen LogP contribution in [0.2, 0.25) is 0 Å². The van der Waals surface area contributed by atoms with Crippen molar-refractivity contribution in [1.82, 2.24) is 0 Å². The maximum Gasteiger partial charge on any atom is 0.328 e. The fourth-order valence-corrected chi connectivity index (χ4v) is 1.64. The zero-order valence-electron chi connectivity index (χ0n) is 10.6. The van der Waals surface area contributed by atoms with Gasteiger partial charge in [0.2, 0.25) is 5.82 Å². The van der Waals surface area contributed by atoms with Gasteiger partial charge in [0, 0.05) is 25.7 Å². The molecular weight excluding hydrogens is 239 g/mol. The summed E-state index contributed by atoms with van der Waals surface area (Å²) in [5.41, 5.74) is 0.425. The van der Waals surface area contributed by atoms with Gasteiger partial charge in [0.1, 0.15) is 11.4 Å². The number of halogens is 1. The first-order valence-electron chi connectivity index (χ1n) is 5.24. The Labute approximate surface area is 105 Å². The number of nitrogens with zero attached hydrogens (tertiary/aromatic N) is 2. The smallest absolute Gasteiger partial charge is 0.328 e. The zero-order valence-corrected chi connectivity index (χ0v) is 10.6. The van der Waals surface area contributed by atoms with Crippen molar-refractivity contribution in [2.75, 3.05) is 25.6 Å². The molecule has 0 spiro atoms. The van der Waals surface area contributed by atoms with Gasteiger partial charge in [-0.05, 0) is 6.92 Å². The molecule has 0 saturated heterocycles. The highest BCUT2D eigenvalue weighted by Crippen LogP contribution is 2.34. The van der Waals surface area contributed by atoms with Crippen molar-refractivity contribution in [3.05, 3.63) is 40.2 Å². The van der Waals surface area contributed by atoms with E-state index in [4.69, 9.17) is 4.74 Å². The molecule has 0 aliphatic carbocycles. The first kappa shape index (κ1) is 14.0. The molecule has 0 N–H and O–H groups in total. The second-order valence-electron chi connectivity index (χ2n) is 4.05. The average molecular weight is 254 g/mol. The largest absolute Gasteiger partial charge is 0.497 e. The highest BCUT2D eigenvalue weighted by Gasteiger charge is 2.24. The van der Waals surface area contributed by atoms with E-state index < -0.39 is 16.4 Å². The van der Waals surface area contributed by atoms with Crippen LogP contribution in [0.5, 0.6) is 5.75 Å². The molecule has 1 rings (SSSR count). The molecule has 0 aliphatic heterocycles. The van der Waals surface area contributed by atoms with Gasteiger partial charge in [0.15, 0.2) is 0 Å². The van der Waals surface area contributed by atoms with Crippen molar-refractivity contribution in [2.45, 2.75) is 6.92 Å². The summed E-state index contributed by atoms with van der Waals surface area (Å²) < 4.78 is 18.6. The van der Waals surface area contributed by atoms with Gasteiger partial charge in [-0.15, -0.1) is 0 Å². The minimum Gasteiger partial charge on any atom is -0.497 e. The third-order valence-electron chi connectivity index (χ3n) is 2.35. The van der Waals surface area contributed by atoms with Gasteiger partial charge in [0.05, 0.1) is 12.0 Å². The van der Waals surface area contributed by atoms with Crippen molar-refractivity contribution in [2.24, 2.45) is 0 Å². The maximum absolute atomic E-state index is 13.7. The molecule has 0 aliphatic rings. The Morgan fingerprint density at radius 3 is 2.67 bits per heavy atom. The van der Waals surface area contributed by atoms with E-state index in [0.717, 1.165) is 11.6 Å². The van der Waals surface area contributed by atoms with Gasteiger partial charge in [-0.2, -0.15) is 4.39 Å². The van der Waals surface area contributed by atoms with Crippen LogP contribution in [-0.4, -0.2) is 25.6 Å². The highest BCUT2D eigenvalue weighted by molar-refractivity contribution is 5.66. The second kappa shape index (κ2) is 5.48. The lowest BCUT2D eigenvalue weighted by Crippen LogP contribution is -2.20. The van der Waals surface area contributed by atoms with Gasteiger partial charge in [-0.3, -0.25) is 10.1 Å². The lowest BCUT2D eigenvalue weighted by molar-refractivity contribution is -0.386. The molecule has 0 saturated carbocycles. The normalized spacial score (nSPS) is 10.0. The summed E-state index contributed by atoms with van der Waals surface area (Å²) in [4.78, 5) is 11.7. The summed E-state index contributed by atoms with van der Waals surface area (Å²) in [6.07, 6.45) is 0. The number of hydrogen-bond donors (Lipinski definition) is 0. The number of anilines is 1. The van der Waals surface area contributed by atoms with E-state index >= 15 is 0 Å². The molecule has 0 unspecified atom stereocenters. The lowest BCUT2D eigenvalue weighted by Gasteiger charge is -2.20. The van der Waals surface area contributed by atoms with Gasteiger partial charge >= 0.3 is 5.69 Å². The number of likely N-dealkylation sites (N-methyl/N-ethyl adjacent to an activating group) is 1. The Morgan fingerprint density at radius 2 is 2.22 bits per heavy atom. The fourth-order valence-electron chi connectivity index (χ4n) is 1.64. The third-order valence-corrected chi connectivity index (χ3v) is 2.35. The molecule has 18 heavy (non-hydrogen) atoms. The summed E-state index contributed by atoms with van der Waals surface area (Å²) in [5, 5.41) is 10.9. The van der Waals surface area contributed by atoms with Crippen LogP contribution in [0.1, 0.15) is 6.92 Å². The van der Waals surface area contributed by atoms with Crippen molar-refractivity contribution in [3.8, 4) is 5.75 Å². The molecule has 5 nitrogen and oxygen atoms in total. The van der Waals surface area contributed by atoms with Crippen molar-refractivity contribution >= 4 is 11.4 Å². The van der Waals surface area contributed by atoms with Crippen LogP contribution in [0.15, 0.2) is 24.3 Å². The van der Waals surface area contributed by atoms with Gasteiger partial charge in [-0.1, -0.05) is 12.2 Å². The molecule has 1 aromatic rings. The molecule has 0 aromatic heterocycles. The van der Waals surface area contributed by atoms with Crippen LogP contribution in [0.3, 0.4) is 0 Å². The van der Waals surface area contributed by atoms with E-state index in [-0.39, 0.29) is 11.4 Å². The topological polar surface area (TPSA) is 55.6 Å². The summed E-state index contributed by atoms with van der Waals surface area (Å²) in [7, 11) is 3.01. The molecule has 0 atom stereocenters. The highest BCUT2D eigenvalue weighted by atomic mass is 19.1. The summed E-state index contributed by atoms with van der Waals surface area (Å²) >= 11 is 0. The van der Waals surface area contributed by atoms with Crippen LogP contribution in [0, 0.1) is 15.9 Å². The van der Waals surface area contributed by atoms with Gasteiger partial charge in [-0.25, -0.2) is 0 Å². The Hall–Kier alpha value is -2.11. The minimum atomic E-state index is -0.914. The summed E-state index contributed by atoms with van der Waals surface area (Å²) in [6, 6.07) is 2.43. The Kier molecular flexibility index (Phi) is 4.25. The molecule has 98 valence electrons. The quantitative estimate of drug-likeness (QED) is 0.460. The van der Waals surface area contributed by atoms with E-state index in [1.165, 1.54) is 13.2 Å². The molecular formula is C12H15FN2O3. The number of ether oxygens (including phenoxy) is 1. The number of methoxy groups -OCH3 is 1. The first-order chi connectivity index (χ1) is 8.36. The lowest BCUT2D eigenvalue weighted by atomic mass is 10.2. The number of benzene rings is 1. The minimum absolute atomic E-state index is 0.167. The summed E-state index contributed by atoms with van der Waals surface area (Å²) in [6.45, 7) is 5.91. The van der Waals surface area contributed by atoms with E-state index in [1.54, 1.807) is 18.9 Å². The van der Waals surface area contributed by atoms with E-state index in [2.05, 4.69) is 6.58 Å². The monoisotopic (exact) mass is 254 g/mol. The van der Waals surface area contributed by atoms with E-state index in [0.29, 0.717) is 6.54 Å². The Balaban J connectivity index is 3.33. The maximum atomic E-state index is 13.7. The van der Waals surface area contributed by atoms with Crippen LogP contribution >= 0.6 is 0 Å². The third kappa shape index (κ3) is 2.97. The van der Waals surface area contributed by atoms with Crippen molar-refractivity contribution < 1.29 is 14.1 Å². The SMILES string of the molecule is C=C(C)CN(C)c1cc(OC)cc(F)c1[N+](=O)[O-]. The first-order valence-corrected chi connectivity index (χ1v) is 5.24. The molecule has 0 bridgehead atoms. The molecule has 0 heterocycles.